The van der Waals surface area contributed by atoms with Gasteiger partial charge in [0.2, 0.25) is 0 Å². The van der Waals surface area contributed by atoms with E-state index in [0.717, 1.165) is 24.5 Å². The Kier molecular flexibility index (Phi) is 9.62. The quantitative estimate of drug-likeness (QED) is 0.451. The zero-order valence-electron chi connectivity index (χ0n) is 15.6. The van der Waals surface area contributed by atoms with E-state index in [-0.39, 0.29) is 17.6 Å². The molecule has 0 fully saturated rings. The highest BCUT2D eigenvalue weighted by atomic mass is 16.4. The third-order valence-electron chi connectivity index (χ3n) is 3.60. The summed E-state index contributed by atoms with van der Waals surface area (Å²) in [5.74, 6) is 0.206. The zero-order valence-corrected chi connectivity index (χ0v) is 15.6. The summed E-state index contributed by atoms with van der Waals surface area (Å²) in [6.07, 6.45) is 1.32. The second-order valence-corrected chi connectivity index (χ2v) is 6.43. The fraction of sp³-hybridized carbons (Fsp3) is 0.526. The van der Waals surface area contributed by atoms with E-state index >= 15 is 0 Å². The molecular weight excluding hydrogens is 304 g/mol. The lowest BCUT2D eigenvalue weighted by Crippen LogP contribution is -2.17. The van der Waals surface area contributed by atoms with Crippen molar-refractivity contribution in [3.8, 4) is 0 Å². The van der Waals surface area contributed by atoms with E-state index < -0.39 is 5.97 Å². The molecule has 0 atom stereocenters. The minimum absolute atomic E-state index is 0.0744. The SMILES string of the molecule is CCC(=O)O.CCC(C)(C)CN=C(C)Nc1cccc(C(C)=O)c1. The Morgan fingerprint density at radius 3 is 2.25 bits per heavy atom. The van der Waals surface area contributed by atoms with Crippen LogP contribution in [0.1, 0.15) is 64.7 Å². The number of nitrogens with zero attached hydrogens (tertiary/aromatic N) is 1. The van der Waals surface area contributed by atoms with E-state index in [1.165, 1.54) is 0 Å². The number of aliphatic imine (C=N–C) groups is 1. The molecule has 24 heavy (non-hydrogen) atoms. The molecule has 1 rings (SSSR count). The van der Waals surface area contributed by atoms with Crippen molar-refractivity contribution < 1.29 is 14.7 Å². The van der Waals surface area contributed by atoms with Crippen LogP contribution in [0.4, 0.5) is 5.69 Å². The largest absolute Gasteiger partial charge is 0.481 e. The van der Waals surface area contributed by atoms with Gasteiger partial charge in [0.1, 0.15) is 0 Å². The third kappa shape index (κ3) is 9.77. The summed E-state index contributed by atoms with van der Waals surface area (Å²) >= 11 is 0. The number of hydrogen-bond acceptors (Lipinski definition) is 3. The average Bonchev–Trinajstić information content (AvgIpc) is 2.54. The molecule has 0 unspecified atom stereocenters. The molecule has 0 radical (unpaired) electrons. The number of aliphatic carboxylic acids is 1. The summed E-state index contributed by atoms with van der Waals surface area (Å²) < 4.78 is 0. The first-order chi connectivity index (χ1) is 11.1. The van der Waals surface area contributed by atoms with Gasteiger partial charge in [-0.15, -0.1) is 0 Å². The van der Waals surface area contributed by atoms with Gasteiger partial charge in [-0.2, -0.15) is 0 Å². The minimum atomic E-state index is -0.745. The van der Waals surface area contributed by atoms with Crippen molar-refractivity contribution in [3.63, 3.8) is 0 Å². The molecule has 0 amide bonds. The molecule has 0 spiro atoms. The highest BCUT2D eigenvalue weighted by Gasteiger charge is 2.13. The number of carboxylic acid groups (broad SMARTS) is 1. The first kappa shape index (κ1) is 21.8. The highest BCUT2D eigenvalue weighted by Crippen LogP contribution is 2.19. The molecule has 1 aromatic rings. The fourth-order valence-electron chi connectivity index (χ4n) is 1.51. The number of hydrogen-bond donors (Lipinski definition) is 2. The third-order valence-corrected chi connectivity index (χ3v) is 3.60. The predicted molar refractivity (Wildman–Crippen MR) is 100 cm³/mol. The number of rotatable bonds is 6. The number of benzene rings is 1. The smallest absolute Gasteiger partial charge is 0.303 e. The van der Waals surface area contributed by atoms with Gasteiger partial charge in [-0.1, -0.05) is 39.8 Å². The van der Waals surface area contributed by atoms with Crippen LogP contribution in [0.25, 0.3) is 0 Å². The van der Waals surface area contributed by atoms with Crippen molar-refractivity contribution in [1.29, 1.82) is 0 Å². The monoisotopic (exact) mass is 334 g/mol. The van der Waals surface area contributed by atoms with Crippen LogP contribution in [0.2, 0.25) is 0 Å². The van der Waals surface area contributed by atoms with Gasteiger partial charge >= 0.3 is 5.97 Å². The Bertz CT molecular complexity index is 578. The van der Waals surface area contributed by atoms with Crippen molar-refractivity contribution >= 4 is 23.3 Å². The number of anilines is 1. The molecule has 2 N–H and O–H groups in total. The Morgan fingerprint density at radius 1 is 1.21 bits per heavy atom. The maximum Gasteiger partial charge on any atom is 0.303 e. The van der Waals surface area contributed by atoms with Gasteiger partial charge in [0.05, 0.1) is 5.84 Å². The van der Waals surface area contributed by atoms with Crippen molar-refractivity contribution in [3.05, 3.63) is 29.8 Å². The summed E-state index contributed by atoms with van der Waals surface area (Å²) in [6, 6.07) is 7.49. The van der Waals surface area contributed by atoms with Crippen LogP contribution in [0.3, 0.4) is 0 Å². The van der Waals surface area contributed by atoms with Crippen LogP contribution in [-0.4, -0.2) is 29.2 Å². The number of ketones is 1. The fourth-order valence-corrected chi connectivity index (χ4v) is 1.51. The molecule has 5 heteroatoms. The van der Waals surface area contributed by atoms with Gasteiger partial charge in [-0.3, -0.25) is 14.6 Å². The van der Waals surface area contributed by atoms with E-state index in [1.54, 1.807) is 13.8 Å². The van der Waals surface area contributed by atoms with E-state index in [0.29, 0.717) is 5.56 Å². The van der Waals surface area contributed by atoms with Crippen molar-refractivity contribution in [1.82, 2.24) is 0 Å². The molecule has 134 valence electrons. The average molecular weight is 334 g/mol. The predicted octanol–water partition coefficient (Wildman–Crippen LogP) is 4.64. The van der Waals surface area contributed by atoms with E-state index in [4.69, 9.17) is 5.11 Å². The molecule has 5 nitrogen and oxygen atoms in total. The Morgan fingerprint density at radius 2 is 1.79 bits per heavy atom. The van der Waals surface area contributed by atoms with Crippen LogP contribution in [0, 0.1) is 5.41 Å². The maximum absolute atomic E-state index is 11.3. The second kappa shape index (κ2) is 10.6. The van der Waals surface area contributed by atoms with Gasteiger partial charge < -0.3 is 10.4 Å². The normalized spacial score (nSPS) is 11.3. The van der Waals surface area contributed by atoms with Crippen LogP contribution < -0.4 is 5.32 Å². The standard InChI is InChI=1S/C16H24N2O.C3H6O2/c1-6-16(4,5)11-17-13(3)18-15-9-7-8-14(10-15)12(2)19;1-2-3(4)5/h7-10H,6,11H2,1-5H3,(H,17,18);2H2,1H3,(H,4,5). The lowest BCUT2D eigenvalue weighted by Gasteiger charge is -2.20. The highest BCUT2D eigenvalue weighted by molar-refractivity contribution is 5.97. The van der Waals surface area contributed by atoms with E-state index in [1.807, 2.05) is 31.2 Å². The van der Waals surface area contributed by atoms with Crippen LogP contribution in [-0.2, 0) is 4.79 Å². The second-order valence-electron chi connectivity index (χ2n) is 6.43. The van der Waals surface area contributed by atoms with Crippen molar-refractivity contribution in [2.45, 2.75) is 54.4 Å². The molecule has 0 bridgehead atoms. The first-order valence-electron chi connectivity index (χ1n) is 8.22. The maximum atomic E-state index is 11.3. The van der Waals surface area contributed by atoms with Crippen molar-refractivity contribution in [2.75, 3.05) is 11.9 Å². The molecular formula is C19H30N2O3. The lowest BCUT2D eigenvalue weighted by molar-refractivity contribution is -0.136. The first-order valence-corrected chi connectivity index (χ1v) is 8.22. The molecule has 1 aromatic carbocycles. The van der Waals surface area contributed by atoms with Gasteiger partial charge in [0.15, 0.2) is 5.78 Å². The Balaban J connectivity index is 0.000000922. The number of amidine groups is 1. The molecule has 0 aliphatic carbocycles. The van der Waals surface area contributed by atoms with Gasteiger partial charge in [0, 0.05) is 24.2 Å². The molecule has 0 heterocycles. The number of carbonyl (C=O) groups excluding carboxylic acids is 1. The lowest BCUT2D eigenvalue weighted by atomic mass is 9.91. The van der Waals surface area contributed by atoms with E-state index in [2.05, 4.69) is 31.1 Å². The van der Waals surface area contributed by atoms with Gasteiger partial charge in [-0.05, 0) is 37.8 Å². The Hall–Kier alpha value is -2.17. The van der Waals surface area contributed by atoms with Crippen LogP contribution in [0.5, 0.6) is 0 Å². The summed E-state index contributed by atoms with van der Waals surface area (Å²) in [4.78, 5) is 25.2. The number of carboxylic acids is 1. The van der Waals surface area contributed by atoms with Crippen molar-refractivity contribution in [2.24, 2.45) is 10.4 Å². The number of Topliss-reactive ketones (excluding diaryl/α,β-unsaturated/α-hetero) is 1. The summed E-state index contributed by atoms with van der Waals surface area (Å²) in [5.41, 5.74) is 1.85. The topological polar surface area (TPSA) is 78.8 Å². The molecule has 0 aliphatic rings. The number of nitrogens with one attached hydrogen (secondary N) is 1. The van der Waals surface area contributed by atoms with Gasteiger partial charge in [0.25, 0.3) is 0 Å². The molecule has 0 aliphatic heterocycles. The Labute approximate surface area is 145 Å². The number of carbonyl (C=O) groups is 2. The summed E-state index contributed by atoms with van der Waals surface area (Å²) in [5, 5.41) is 11.0. The van der Waals surface area contributed by atoms with Crippen LogP contribution in [0.15, 0.2) is 29.3 Å². The zero-order chi connectivity index (χ0) is 18.8. The van der Waals surface area contributed by atoms with Crippen LogP contribution >= 0.6 is 0 Å². The summed E-state index contributed by atoms with van der Waals surface area (Å²) in [6.45, 7) is 12.5. The molecule has 0 aromatic heterocycles. The molecule has 0 saturated carbocycles. The summed E-state index contributed by atoms with van der Waals surface area (Å²) in [7, 11) is 0. The minimum Gasteiger partial charge on any atom is -0.481 e. The van der Waals surface area contributed by atoms with E-state index in [9.17, 15) is 9.59 Å². The van der Waals surface area contributed by atoms with Gasteiger partial charge in [-0.25, -0.2) is 0 Å². The molecule has 0 saturated heterocycles.